The average Bonchev–Trinajstić information content (AvgIpc) is 3.07. The summed E-state index contributed by atoms with van der Waals surface area (Å²) in [5.41, 5.74) is 6.05. The Morgan fingerprint density at radius 2 is 1.94 bits per heavy atom. The Bertz CT molecular complexity index is 199. The van der Waals surface area contributed by atoms with E-state index in [0.29, 0.717) is 0 Å². The summed E-state index contributed by atoms with van der Waals surface area (Å²) < 4.78 is 0. The summed E-state index contributed by atoms with van der Waals surface area (Å²) in [5.74, 6) is 2.58. The second kappa shape index (κ2) is 6.02. The summed E-state index contributed by atoms with van der Waals surface area (Å²) in [6.07, 6.45) is 5.33. The first-order valence-electron chi connectivity index (χ1n) is 6.92. The third-order valence-corrected chi connectivity index (χ3v) is 4.00. The van der Waals surface area contributed by atoms with E-state index in [1.54, 1.807) is 0 Å². The molecule has 0 heterocycles. The van der Waals surface area contributed by atoms with Crippen LogP contribution in [-0.4, -0.2) is 18.6 Å². The van der Waals surface area contributed by atoms with Gasteiger partial charge in [-0.05, 0) is 56.9 Å². The number of nitrogens with one attached hydrogen (secondary N) is 1. The molecule has 0 radical (unpaired) electrons. The smallest absolute Gasteiger partial charge is 0.0275 e. The maximum absolute atomic E-state index is 5.91. The van der Waals surface area contributed by atoms with Crippen molar-refractivity contribution in [2.24, 2.45) is 23.5 Å². The monoisotopic (exact) mass is 226 g/mol. The fourth-order valence-corrected chi connectivity index (χ4v) is 2.11. The van der Waals surface area contributed by atoms with Crippen LogP contribution in [0.3, 0.4) is 0 Å². The Morgan fingerprint density at radius 3 is 2.38 bits per heavy atom. The van der Waals surface area contributed by atoms with Crippen molar-refractivity contribution < 1.29 is 0 Å². The molecule has 2 heteroatoms. The SMILES string of the molecule is CC(C)CCC(C)(CN)NCC(C)C1CC1. The van der Waals surface area contributed by atoms with Gasteiger partial charge in [-0.1, -0.05) is 20.8 Å². The van der Waals surface area contributed by atoms with Crippen LogP contribution in [0.25, 0.3) is 0 Å². The fourth-order valence-electron chi connectivity index (χ4n) is 2.11. The fraction of sp³-hybridized carbons (Fsp3) is 1.00. The molecule has 2 unspecified atom stereocenters. The molecule has 0 aromatic carbocycles. The van der Waals surface area contributed by atoms with Crippen LogP contribution in [0.15, 0.2) is 0 Å². The van der Waals surface area contributed by atoms with E-state index in [1.807, 2.05) is 0 Å². The van der Waals surface area contributed by atoms with Gasteiger partial charge in [0.15, 0.2) is 0 Å². The first kappa shape index (κ1) is 14.0. The molecule has 1 rings (SSSR count). The van der Waals surface area contributed by atoms with Crippen LogP contribution in [0.5, 0.6) is 0 Å². The minimum Gasteiger partial charge on any atom is -0.329 e. The predicted molar refractivity (Wildman–Crippen MR) is 71.4 cm³/mol. The molecule has 0 amide bonds. The van der Waals surface area contributed by atoms with Crippen LogP contribution in [0.4, 0.5) is 0 Å². The highest BCUT2D eigenvalue weighted by Crippen LogP contribution is 2.36. The zero-order chi connectivity index (χ0) is 12.2. The second-order valence-corrected chi connectivity index (χ2v) is 6.39. The quantitative estimate of drug-likeness (QED) is 0.668. The summed E-state index contributed by atoms with van der Waals surface area (Å²) in [6.45, 7) is 11.1. The summed E-state index contributed by atoms with van der Waals surface area (Å²) in [5, 5.41) is 3.70. The zero-order valence-corrected chi connectivity index (χ0v) is 11.6. The van der Waals surface area contributed by atoms with Crippen LogP contribution in [-0.2, 0) is 0 Å². The van der Waals surface area contributed by atoms with Crippen molar-refractivity contribution in [3.8, 4) is 0 Å². The first-order chi connectivity index (χ1) is 7.47. The third kappa shape index (κ3) is 4.84. The number of nitrogens with two attached hydrogens (primary N) is 1. The Labute approximate surface area is 101 Å². The molecule has 1 aliphatic carbocycles. The molecule has 0 bridgehead atoms. The summed E-state index contributed by atoms with van der Waals surface area (Å²) in [4.78, 5) is 0. The molecule has 0 aromatic rings. The van der Waals surface area contributed by atoms with E-state index in [-0.39, 0.29) is 5.54 Å². The number of hydrogen-bond acceptors (Lipinski definition) is 2. The molecule has 0 saturated heterocycles. The molecule has 1 fully saturated rings. The van der Waals surface area contributed by atoms with Gasteiger partial charge in [-0.3, -0.25) is 0 Å². The number of hydrogen-bond donors (Lipinski definition) is 2. The topological polar surface area (TPSA) is 38.0 Å². The molecule has 0 aromatic heterocycles. The van der Waals surface area contributed by atoms with Crippen LogP contribution >= 0.6 is 0 Å². The average molecular weight is 226 g/mol. The van der Waals surface area contributed by atoms with Gasteiger partial charge >= 0.3 is 0 Å². The Morgan fingerprint density at radius 1 is 1.31 bits per heavy atom. The summed E-state index contributed by atoms with van der Waals surface area (Å²) in [6, 6.07) is 0. The van der Waals surface area contributed by atoms with Gasteiger partial charge in [0.05, 0.1) is 0 Å². The molecule has 2 atom stereocenters. The van der Waals surface area contributed by atoms with Crippen molar-refractivity contribution >= 4 is 0 Å². The lowest BCUT2D eigenvalue weighted by molar-refractivity contribution is 0.288. The van der Waals surface area contributed by atoms with E-state index < -0.39 is 0 Å². The number of rotatable bonds is 8. The first-order valence-corrected chi connectivity index (χ1v) is 6.92. The van der Waals surface area contributed by atoms with Crippen molar-refractivity contribution in [3.05, 3.63) is 0 Å². The van der Waals surface area contributed by atoms with Gasteiger partial charge in [0, 0.05) is 12.1 Å². The van der Waals surface area contributed by atoms with Crippen LogP contribution < -0.4 is 11.1 Å². The van der Waals surface area contributed by atoms with Gasteiger partial charge in [0.2, 0.25) is 0 Å². The predicted octanol–water partition coefficient (Wildman–Crippen LogP) is 2.78. The lowest BCUT2D eigenvalue weighted by atomic mass is 9.91. The van der Waals surface area contributed by atoms with Crippen molar-refractivity contribution in [1.29, 1.82) is 0 Å². The molecule has 16 heavy (non-hydrogen) atoms. The van der Waals surface area contributed by atoms with Crippen LogP contribution in [0, 0.1) is 17.8 Å². The zero-order valence-electron chi connectivity index (χ0n) is 11.6. The van der Waals surface area contributed by atoms with E-state index in [4.69, 9.17) is 5.73 Å². The highest BCUT2D eigenvalue weighted by molar-refractivity contribution is 4.87. The van der Waals surface area contributed by atoms with E-state index in [1.165, 1.54) is 25.7 Å². The van der Waals surface area contributed by atoms with Gasteiger partial charge in [0.25, 0.3) is 0 Å². The van der Waals surface area contributed by atoms with Gasteiger partial charge in [-0.15, -0.1) is 0 Å². The molecule has 96 valence electrons. The van der Waals surface area contributed by atoms with Gasteiger partial charge < -0.3 is 11.1 Å². The molecule has 0 spiro atoms. The molecular weight excluding hydrogens is 196 g/mol. The Hall–Kier alpha value is -0.0800. The van der Waals surface area contributed by atoms with Crippen molar-refractivity contribution in [2.75, 3.05) is 13.1 Å². The second-order valence-electron chi connectivity index (χ2n) is 6.39. The Kier molecular flexibility index (Phi) is 5.26. The van der Waals surface area contributed by atoms with Crippen LogP contribution in [0.1, 0.15) is 53.4 Å². The maximum atomic E-state index is 5.91. The summed E-state index contributed by atoms with van der Waals surface area (Å²) >= 11 is 0. The van der Waals surface area contributed by atoms with Crippen LogP contribution in [0.2, 0.25) is 0 Å². The molecule has 1 saturated carbocycles. The van der Waals surface area contributed by atoms with E-state index in [2.05, 4.69) is 33.0 Å². The van der Waals surface area contributed by atoms with Gasteiger partial charge in [-0.25, -0.2) is 0 Å². The highest BCUT2D eigenvalue weighted by Gasteiger charge is 2.30. The van der Waals surface area contributed by atoms with Gasteiger partial charge in [0.1, 0.15) is 0 Å². The van der Waals surface area contributed by atoms with Gasteiger partial charge in [-0.2, -0.15) is 0 Å². The summed E-state index contributed by atoms with van der Waals surface area (Å²) in [7, 11) is 0. The van der Waals surface area contributed by atoms with Crippen molar-refractivity contribution in [2.45, 2.75) is 58.9 Å². The molecule has 3 N–H and O–H groups in total. The highest BCUT2D eigenvalue weighted by atomic mass is 15.0. The molecule has 1 aliphatic rings. The lowest BCUT2D eigenvalue weighted by Crippen LogP contribution is -2.50. The Balaban J connectivity index is 2.27. The lowest BCUT2D eigenvalue weighted by Gasteiger charge is -2.32. The largest absolute Gasteiger partial charge is 0.329 e. The van der Waals surface area contributed by atoms with Crippen molar-refractivity contribution in [3.63, 3.8) is 0 Å². The maximum Gasteiger partial charge on any atom is 0.0275 e. The third-order valence-electron chi connectivity index (χ3n) is 4.00. The van der Waals surface area contributed by atoms with E-state index in [0.717, 1.165) is 30.8 Å². The normalized spacial score (nSPS) is 22.1. The van der Waals surface area contributed by atoms with E-state index in [9.17, 15) is 0 Å². The minimum absolute atomic E-state index is 0.146. The van der Waals surface area contributed by atoms with E-state index >= 15 is 0 Å². The minimum atomic E-state index is 0.146. The molecule has 2 nitrogen and oxygen atoms in total. The molecule has 0 aliphatic heterocycles. The standard InChI is InChI=1S/C14H30N2/c1-11(2)7-8-14(4,10-15)16-9-12(3)13-5-6-13/h11-13,16H,5-10,15H2,1-4H3. The van der Waals surface area contributed by atoms with Crippen molar-refractivity contribution in [1.82, 2.24) is 5.32 Å². The molecular formula is C14H30N2.